The Morgan fingerprint density at radius 1 is 1.11 bits per heavy atom. The quantitative estimate of drug-likeness (QED) is 0.595. The normalized spacial score (nSPS) is 12.5. The number of fused-ring (bicyclic) bond motifs is 1. The molecule has 0 saturated heterocycles. The van der Waals surface area contributed by atoms with Gasteiger partial charge in [-0.2, -0.15) is 8.42 Å². The number of aromatic nitrogens is 1. The van der Waals surface area contributed by atoms with Gasteiger partial charge in [0.05, 0.1) is 21.7 Å². The van der Waals surface area contributed by atoms with Gasteiger partial charge in [-0.05, 0) is 63.1 Å². The first kappa shape index (κ1) is 20.3. The van der Waals surface area contributed by atoms with Gasteiger partial charge in [-0.15, -0.1) is 4.40 Å². The molecule has 0 atom stereocenters. The fourth-order valence-corrected chi connectivity index (χ4v) is 5.06. The molecule has 0 spiro atoms. The maximum absolute atomic E-state index is 12.8. The zero-order valence-corrected chi connectivity index (χ0v) is 17.9. The highest BCUT2D eigenvalue weighted by atomic mass is 32.2. The Labute approximate surface area is 168 Å². The molecule has 1 heterocycles. The molecular formula is C20H22N2O4S2. The number of sulfonamides is 1. The summed E-state index contributed by atoms with van der Waals surface area (Å²) in [6.45, 7) is 7.74. The van der Waals surface area contributed by atoms with E-state index < -0.39 is 16.0 Å². The van der Waals surface area contributed by atoms with E-state index in [-0.39, 0.29) is 22.8 Å². The van der Waals surface area contributed by atoms with E-state index in [9.17, 15) is 13.2 Å². The highest BCUT2D eigenvalue weighted by molar-refractivity contribution is 7.90. The summed E-state index contributed by atoms with van der Waals surface area (Å²) < 4.78 is 37.2. The van der Waals surface area contributed by atoms with Crippen molar-refractivity contribution in [2.75, 3.05) is 6.61 Å². The van der Waals surface area contributed by atoms with E-state index in [1.807, 2.05) is 32.9 Å². The van der Waals surface area contributed by atoms with Gasteiger partial charge in [0.25, 0.3) is 10.0 Å². The Kier molecular flexibility index (Phi) is 5.71. The van der Waals surface area contributed by atoms with Crippen molar-refractivity contribution >= 4 is 37.5 Å². The maximum Gasteiger partial charge on any atom is 0.326 e. The summed E-state index contributed by atoms with van der Waals surface area (Å²) in [6.07, 6.45) is 0. The Balaban J connectivity index is 2.22. The van der Waals surface area contributed by atoms with Crippen LogP contribution in [0.25, 0.3) is 10.2 Å². The molecule has 148 valence electrons. The number of carbonyl (C=O) groups excluding carboxylic acids is 1. The lowest BCUT2D eigenvalue weighted by atomic mass is 10.1. The highest BCUT2D eigenvalue weighted by Gasteiger charge is 2.17. The first-order valence-electron chi connectivity index (χ1n) is 8.85. The molecule has 0 aliphatic rings. The topological polar surface area (TPSA) is 77.7 Å². The fraction of sp³-hybridized carbons (Fsp3) is 0.300. The number of rotatable bonds is 5. The lowest BCUT2D eigenvalue weighted by Crippen LogP contribution is -2.23. The minimum atomic E-state index is -3.91. The molecule has 0 unspecified atom stereocenters. The second kappa shape index (κ2) is 7.89. The van der Waals surface area contributed by atoms with Crippen LogP contribution in [0.5, 0.6) is 0 Å². The van der Waals surface area contributed by atoms with E-state index in [2.05, 4.69) is 4.40 Å². The van der Waals surface area contributed by atoms with Crippen molar-refractivity contribution in [2.45, 2.75) is 39.1 Å². The molecule has 8 heteroatoms. The van der Waals surface area contributed by atoms with Crippen LogP contribution in [0.3, 0.4) is 0 Å². The predicted molar refractivity (Wildman–Crippen MR) is 110 cm³/mol. The first-order valence-corrected chi connectivity index (χ1v) is 11.1. The van der Waals surface area contributed by atoms with Crippen molar-refractivity contribution < 1.29 is 17.9 Å². The van der Waals surface area contributed by atoms with Crippen LogP contribution in [0.1, 0.15) is 23.6 Å². The molecular weight excluding hydrogens is 396 g/mol. The van der Waals surface area contributed by atoms with Crippen LogP contribution >= 0.6 is 11.3 Å². The van der Waals surface area contributed by atoms with Crippen LogP contribution in [0.4, 0.5) is 0 Å². The van der Waals surface area contributed by atoms with E-state index in [1.54, 1.807) is 23.6 Å². The van der Waals surface area contributed by atoms with Gasteiger partial charge in [0.2, 0.25) is 4.80 Å². The SMILES string of the molecule is CCOC(=O)Cn1c(=NS(=O)(=O)c2ccc(C)cc2)sc2cc(C)c(C)cc21. The van der Waals surface area contributed by atoms with Crippen LogP contribution in [0.15, 0.2) is 45.7 Å². The van der Waals surface area contributed by atoms with Crippen LogP contribution in [0, 0.1) is 20.8 Å². The molecule has 0 fully saturated rings. The van der Waals surface area contributed by atoms with Crippen molar-refractivity contribution in [3.8, 4) is 0 Å². The monoisotopic (exact) mass is 418 g/mol. The predicted octanol–water partition coefficient (Wildman–Crippen LogP) is 3.48. The van der Waals surface area contributed by atoms with E-state index in [0.717, 1.165) is 26.9 Å². The minimum absolute atomic E-state index is 0.0986. The molecule has 0 amide bonds. The van der Waals surface area contributed by atoms with Gasteiger partial charge in [0.1, 0.15) is 6.54 Å². The molecule has 0 aliphatic carbocycles. The smallest absolute Gasteiger partial charge is 0.326 e. The fourth-order valence-electron chi connectivity index (χ4n) is 2.75. The molecule has 0 radical (unpaired) electrons. The first-order chi connectivity index (χ1) is 13.2. The molecule has 0 saturated carbocycles. The lowest BCUT2D eigenvalue weighted by molar-refractivity contribution is -0.143. The number of benzene rings is 2. The van der Waals surface area contributed by atoms with E-state index in [1.165, 1.54) is 23.5 Å². The van der Waals surface area contributed by atoms with Gasteiger partial charge >= 0.3 is 5.97 Å². The number of hydrogen-bond donors (Lipinski definition) is 0. The van der Waals surface area contributed by atoms with Crippen molar-refractivity contribution in [2.24, 2.45) is 4.40 Å². The Morgan fingerprint density at radius 2 is 1.75 bits per heavy atom. The van der Waals surface area contributed by atoms with Crippen LogP contribution in [-0.2, 0) is 26.1 Å². The molecule has 3 rings (SSSR count). The van der Waals surface area contributed by atoms with E-state index in [0.29, 0.717) is 0 Å². The highest BCUT2D eigenvalue weighted by Crippen LogP contribution is 2.23. The summed E-state index contributed by atoms with van der Waals surface area (Å²) in [5, 5.41) is 0. The third-order valence-corrected chi connectivity index (χ3v) is 6.85. The summed E-state index contributed by atoms with van der Waals surface area (Å²) in [5.74, 6) is -0.436. The molecule has 1 aromatic heterocycles. The number of esters is 1. The second-order valence-corrected chi connectivity index (χ2v) is 9.17. The zero-order chi connectivity index (χ0) is 20.5. The van der Waals surface area contributed by atoms with Crippen molar-refractivity contribution in [3.05, 3.63) is 57.9 Å². The largest absolute Gasteiger partial charge is 0.465 e. The Bertz CT molecular complexity index is 1200. The van der Waals surface area contributed by atoms with Gasteiger partial charge in [0.15, 0.2) is 0 Å². The summed E-state index contributed by atoms with van der Waals surface area (Å²) in [6, 6.07) is 10.4. The average Bonchev–Trinajstić information content (AvgIpc) is 2.92. The van der Waals surface area contributed by atoms with Gasteiger partial charge in [-0.1, -0.05) is 29.0 Å². The maximum atomic E-state index is 12.8. The van der Waals surface area contributed by atoms with Gasteiger partial charge in [0, 0.05) is 0 Å². The van der Waals surface area contributed by atoms with Crippen LogP contribution < -0.4 is 4.80 Å². The molecule has 0 N–H and O–H groups in total. The third-order valence-electron chi connectivity index (χ3n) is 4.41. The van der Waals surface area contributed by atoms with Crippen molar-refractivity contribution in [3.63, 3.8) is 0 Å². The summed E-state index contributed by atoms with van der Waals surface area (Å²) in [4.78, 5) is 12.5. The van der Waals surface area contributed by atoms with Gasteiger partial charge in [-0.3, -0.25) is 4.79 Å². The van der Waals surface area contributed by atoms with E-state index in [4.69, 9.17) is 4.74 Å². The lowest BCUT2D eigenvalue weighted by Gasteiger charge is -2.07. The number of carbonyl (C=O) groups is 1. The van der Waals surface area contributed by atoms with Gasteiger partial charge < -0.3 is 9.30 Å². The molecule has 28 heavy (non-hydrogen) atoms. The van der Waals surface area contributed by atoms with Crippen molar-refractivity contribution in [1.82, 2.24) is 4.57 Å². The number of nitrogens with zero attached hydrogens (tertiary/aromatic N) is 2. The molecule has 0 bridgehead atoms. The van der Waals surface area contributed by atoms with Crippen LogP contribution in [0.2, 0.25) is 0 Å². The Morgan fingerprint density at radius 3 is 2.39 bits per heavy atom. The zero-order valence-electron chi connectivity index (χ0n) is 16.2. The third kappa shape index (κ3) is 4.18. The second-order valence-electron chi connectivity index (χ2n) is 6.56. The molecule has 2 aromatic carbocycles. The number of ether oxygens (including phenoxy) is 1. The van der Waals surface area contributed by atoms with Crippen molar-refractivity contribution in [1.29, 1.82) is 0 Å². The standard InChI is InChI=1S/C20H22N2O4S2/c1-5-26-19(23)12-22-17-10-14(3)15(4)11-18(17)27-20(22)21-28(24,25)16-8-6-13(2)7-9-16/h6-11H,5,12H2,1-4H3. The molecule has 6 nitrogen and oxygen atoms in total. The summed E-state index contributed by atoms with van der Waals surface area (Å²) >= 11 is 1.24. The van der Waals surface area contributed by atoms with Gasteiger partial charge in [-0.25, -0.2) is 0 Å². The average molecular weight is 419 g/mol. The molecule has 3 aromatic rings. The van der Waals surface area contributed by atoms with E-state index >= 15 is 0 Å². The number of hydrogen-bond acceptors (Lipinski definition) is 5. The summed E-state index contributed by atoms with van der Waals surface area (Å²) in [7, 11) is -3.91. The molecule has 0 aliphatic heterocycles. The van der Waals surface area contributed by atoms with Crippen LogP contribution in [-0.4, -0.2) is 25.6 Å². The number of aryl methyl sites for hydroxylation is 3. The Hall–Kier alpha value is -2.45. The minimum Gasteiger partial charge on any atom is -0.465 e. The summed E-state index contributed by atoms with van der Waals surface area (Å²) in [5.41, 5.74) is 3.86. The number of thiazole rings is 1.